The number of aryl methyl sites for hydroxylation is 1. The largest absolute Gasteiger partial charge is 0.508 e. The average Bonchev–Trinajstić information content (AvgIpc) is 3.53. The standard InChI is InChI=1S/C32H32F5N5O3/c1-2-20-23(34)5-4-17-10-19(43)11-21(25(17)20)27-26(35)28-22(13-38-27)29(41-9-7-32(36,37)24(44)15-41)40-30(39-28)45-16-31-6-3-8-42(31)14-18(33)12-31/h4-5,10-11,13,18,24,43-44H,2-3,6-9,12,14-16H2,1H3/t18-,24?,31+/m1/s1. The van der Waals surface area contributed by atoms with Crippen molar-refractivity contribution in [1.82, 2.24) is 19.9 Å². The number of β-amino-alcohol motifs (C(OH)–C–C–N with tert-alkyl or cyclic N) is 1. The third kappa shape index (κ3) is 5.00. The molecule has 0 radical (unpaired) electrons. The van der Waals surface area contributed by atoms with Crippen molar-refractivity contribution in [2.75, 3.05) is 37.7 Å². The first-order valence-electron chi connectivity index (χ1n) is 15.1. The maximum absolute atomic E-state index is 16.7. The van der Waals surface area contributed by atoms with Crippen molar-refractivity contribution in [3.8, 4) is 23.0 Å². The highest BCUT2D eigenvalue weighted by Crippen LogP contribution is 2.42. The van der Waals surface area contributed by atoms with Crippen molar-refractivity contribution < 1.29 is 36.9 Å². The summed E-state index contributed by atoms with van der Waals surface area (Å²) >= 11 is 0. The number of nitrogens with zero attached hydrogens (tertiary/aromatic N) is 5. The number of phenols is 1. The van der Waals surface area contributed by atoms with Crippen LogP contribution in [0.2, 0.25) is 0 Å². The maximum Gasteiger partial charge on any atom is 0.319 e. The number of aromatic nitrogens is 3. The quantitative estimate of drug-likeness (QED) is 0.268. The van der Waals surface area contributed by atoms with E-state index in [-0.39, 0.29) is 59.3 Å². The molecule has 3 atom stereocenters. The van der Waals surface area contributed by atoms with E-state index in [0.717, 1.165) is 13.0 Å². The Bertz CT molecular complexity index is 1810. The Morgan fingerprint density at radius 2 is 1.91 bits per heavy atom. The number of rotatable bonds is 6. The number of benzene rings is 2. The number of hydrogen-bond donors (Lipinski definition) is 2. The number of anilines is 1. The fourth-order valence-electron chi connectivity index (χ4n) is 7.27. The number of piperidine rings is 1. The van der Waals surface area contributed by atoms with Crippen LogP contribution in [0, 0.1) is 11.6 Å². The number of hydrogen-bond acceptors (Lipinski definition) is 8. The number of alkyl halides is 3. The van der Waals surface area contributed by atoms with Crippen molar-refractivity contribution >= 4 is 27.5 Å². The van der Waals surface area contributed by atoms with Gasteiger partial charge in [0.05, 0.1) is 17.5 Å². The molecular weight excluding hydrogens is 597 g/mol. The summed E-state index contributed by atoms with van der Waals surface area (Å²) in [7, 11) is 0. The number of ether oxygens (including phenoxy) is 1. The second-order valence-corrected chi connectivity index (χ2v) is 12.3. The van der Waals surface area contributed by atoms with Crippen LogP contribution in [0.25, 0.3) is 32.9 Å². The van der Waals surface area contributed by atoms with Gasteiger partial charge in [-0.1, -0.05) is 13.0 Å². The van der Waals surface area contributed by atoms with E-state index in [4.69, 9.17) is 4.74 Å². The first-order chi connectivity index (χ1) is 21.5. The molecule has 0 saturated carbocycles. The zero-order chi connectivity index (χ0) is 31.7. The Kier molecular flexibility index (Phi) is 7.23. The van der Waals surface area contributed by atoms with Gasteiger partial charge in [0, 0.05) is 37.7 Å². The van der Waals surface area contributed by atoms with Crippen LogP contribution in [-0.2, 0) is 6.42 Å². The van der Waals surface area contributed by atoms with Crippen molar-refractivity contribution in [2.45, 2.75) is 62.8 Å². The molecule has 2 N–H and O–H groups in total. The van der Waals surface area contributed by atoms with Gasteiger partial charge in [-0.15, -0.1) is 0 Å². The number of phenolic OH excluding ortho intramolecular Hbond substituents is 1. The maximum atomic E-state index is 16.7. The predicted molar refractivity (Wildman–Crippen MR) is 158 cm³/mol. The lowest BCUT2D eigenvalue weighted by Crippen LogP contribution is -2.51. The topological polar surface area (TPSA) is 94.8 Å². The van der Waals surface area contributed by atoms with Gasteiger partial charge >= 0.3 is 6.01 Å². The molecule has 0 aliphatic carbocycles. The van der Waals surface area contributed by atoms with Gasteiger partial charge < -0.3 is 19.8 Å². The minimum atomic E-state index is -3.30. The van der Waals surface area contributed by atoms with Crippen LogP contribution in [0.5, 0.6) is 11.8 Å². The van der Waals surface area contributed by atoms with Gasteiger partial charge in [0.25, 0.3) is 5.92 Å². The fourth-order valence-corrected chi connectivity index (χ4v) is 7.27. The van der Waals surface area contributed by atoms with Crippen molar-refractivity contribution in [3.05, 3.63) is 47.7 Å². The normalized spacial score (nSPS) is 24.9. The molecule has 7 rings (SSSR count). The third-order valence-electron chi connectivity index (χ3n) is 9.53. The summed E-state index contributed by atoms with van der Waals surface area (Å²) in [5.74, 6) is -4.81. The van der Waals surface area contributed by atoms with E-state index < -0.39 is 48.3 Å². The molecule has 3 fully saturated rings. The molecule has 4 aromatic rings. The SMILES string of the molecule is CCc1c(F)ccc2cc(O)cc(-c3ncc4c(N5CCC(F)(F)C(O)C5)nc(OC[C@@]56CCCN5C[C@H](F)C6)nc4c3F)c12. The van der Waals surface area contributed by atoms with E-state index in [1.165, 1.54) is 35.4 Å². The smallest absolute Gasteiger partial charge is 0.319 e. The summed E-state index contributed by atoms with van der Waals surface area (Å²) in [5.41, 5.74) is -0.515. The summed E-state index contributed by atoms with van der Waals surface area (Å²) in [6, 6.07) is 5.31. The molecule has 1 unspecified atom stereocenters. The molecule has 13 heteroatoms. The number of aliphatic hydroxyl groups excluding tert-OH is 1. The van der Waals surface area contributed by atoms with Gasteiger partial charge in [0.2, 0.25) is 0 Å². The van der Waals surface area contributed by atoms with E-state index in [0.29, 0.717) is 35.7 Å². The summed E-state index contributed by atoms with van der Waals surface area (Å²) in [6.07, 6.45) is -0.170. The van der Waals surface area contributed by atoms with Crippen LogP contribution in [-0.4, -0.2) is 86.6 Å². The van der Waals surface area contributed by atoms with E-state index >= 15 is 4.39 Å². The number of aliphatic hydroxyl groups is 1. The molecule has 5 heterocycles. The summed E-state index contributed by atoms with van der Waals surface area (Å²) in [6.45, 7) is 2.19. The highest BCUT2D eigenvalue weighted by Gasteiger charge is 2.49. The predicted octanol–water partition coefficient (Wildman–Crippen LogP) is 5.55. The second-order valence-electron chi connectivity index (χ2n) is 12.3. The summed E-state index contributed by atoms with van der Waals surface area (Å²) < 4.78 is 80.4. The minimum absolute atomic E-state index is 0.0506. The van der Waals surface area contributed by atoms with Crippen LogP contribution in [0.4, 0.5) is 27.8 Å². The van der Waals surface area contributed by atoms with Gasteiger partial charge in [-0.3, -0.25) is 9.88 Å². The number of fused-ring (bicyclic) bond motifs is 3. The second kappa shape index (κ2) is 10.9. The van der Waals surface area contributed by atoms with Crippen LogP contribution >= 0.6 is 0 Å². The van der Waals surface area contributed by atoms with E-state index in [2.05, 4.69) is 15.0 Å². The molecule has 3 saturated heterocycles. The zero-order valence-corrected chi connectivity index (χ0v) is 24.5. The van der Waals surface area contributed by atoms with E-state index in [1.54, 1.807) is 6.92 Å². The Morgan fingerprint density at radius 3 is 2.69 bits per heavy atom. The minimum Gasteiger partial charge on any atom is -0.508 e. The molecule has 8 nitrogen and oxygen atoms in total. The van der Waals surface area contributed by atoms with Gasteiger partial charge in [0.15, 0.2) is 5.82 Å². The van der Waals surface area contributed by atoms with Gasteiger partial charge in [0.1, 0.15) is 47.5 Å². The Morgan fingerprint density at radius 1 is 1.09 bits per heavy atom. The number of aromatic hydroxyl groups is 1. The summed E-state index contributed by atoms with van der Waals surface area (Å²) in [4.78, 5) is 16.7. The molecular formula is C32H32F5N5O3. The highest BCUT2D eigenvalue weighted by molar-refractivity contribution is 6.01. The molecule has 45 heavy (non-hydrogen) atoms. The van der Waals surface area contributed by atoms with Gasteiger partial charge in [-0.05, 0) is 60.3 Å². The molecule has 0 amide bonds. The van der Waals surface area contributed by atoms with Crippen LogP contribution in [0.3, 0.4) is 0 Å². The molecule has 0 spiro atoms. The zero-order valence-electron chi connectivity index (χ0n) is 24.5. The molecule has 3 aliphatic heterocycles. The lowest BCUT2D eigenvalue weighted by molar-refractivity contribution is -0.118. The molecule has 2 aromatic heterocycles. The Labute approximate surface area is 255 Å². The third-order valence-corrected chi connectivity index (χ3v) is 9.53. The van der Waals surface area contributed by atoms with Crippen LogP contribution in [0.1, 0.15) is 38.2 Å². The van der Waals surface area contributed by atoms with E-state index in [1.807, 2.05) is 4.90 Å². The number of pyridine rings is 1. The molecule has 2 aromatic carbocycles. The molecule has 238 valence electrons. The monoisotopic (exact) mass is 629 g/mol. The first kappa shape index (κ1) is 29.8. The van der Waals surface area contributed by atoms with Gasteiger partial charge in [-0.2, -0.15) is 9.97 Å². The van der Waals surface area contributed by atoms with Crippen molar-refractivity contribution in [2.24, 2.45) is 0 Å². The van der Waals surface area contributed by atoms with E-state index in [9.17, 15) is 27.8 Å². The molecule has 0 bridgehead atoms. The van der Waals surface area contributed by atoms with Crippen LogP contribution in [0.15, 0.2) is 30.5 Å². The molecule has 3 aliphatic rings. The van der Waals surface area contributed by atoms with Gasteiger partial charge in [-0.25, -0.2) is 22.0 Å². The first-order valence-corrected chi connectivity index (χ1v) is 15.1. The number of halogens is 5. The lowest BCUT2D eigenvalue weighted by atomic mass is 9.94. The Balaban J connectivity index is 1.37. The highest BCUT2D eigenvalue weighted by atomic mass is 19.3. The summed E-state index contributed by atoms with van der Waals surface area (Å²) in [5, 5.41) is 21.6. The lowest BCUT2D eigenvalue weighted by Gasteiger charge is -2.36. The van der Waals surface area contributed by atoms with Crippen LogP contribution < -0.4 is 9.64 Å². The average molecular weight is 630 g/mol. The van der Waals surface area contributed by atoms with Crippen molar-refractivity contribution in [3.63, 3.8) is 0 Å². The van der Waals surface area contributed by atoms with Crippen molar-refractivity contribution in [1.29, 1.82) is 0 Å². The fraction of sp³-hybridized carbons (Fsp3) is 0.469. The Hall–Kier alpha value is -3.84.